The van der Waals surface area contributed by atoms with Crippen LogP contribution in [0.3, 0.4) is 0 Å². The minimum atomic E-state index is -3.25. The smallest absolute Gasteiger partial charge is 0.229 e. The highest BCUT2D eigenvalue weighted by Gasteiger charge is 2.32. The lowest BCUT2D eigenvalue weighted by atomic mass is 10.0. The minimum Gasteiger partial charge on any atom is -0.384 e. The molecule has 1 aromatic carbocycles. The minimum absolute atomic E-state index is 0.349. The van der Waals surface area contributed by atoms with E-state index in [1.807, 2.05) is 41.4 Å². The first-order valence-electron chi connectivity index (χ1n) is 12.1. The van der Waals surface area contributed by atoms with Gasteiger partial charge in [0.1, 0.15) is 11.4 Å². The number of rotatable bonds is 7. The Morgan fingerprint density at radius 2 is 1.95 bits per heavy atom. The zero-order valence-electron chi connectivity index (χ0n) is 21.2. The maximum Gasteiger partial charge on any atom is 0.229 e. The van der Waals surface area contributed by atoms with Crippen LogP contribution in [-0.4, -0.2) is 57.1 Å². The van der Waals surface area contributed by atoms with Crippen molar-refractivity contribution in [3.8, 4) is 0 Å². The lowest BCUT2D eigenvalue weighted by Crippen LogP contribution is -2.35. The molecular formula is C26H31N7O3S. The monoisotopic (exact) mass is 521 g/mol. The lowest BCUT2D eigenvalue weighted by Gasteiger charge is -2.29. The third-order valence-electron chi connectivity index (χ3n) is 6.50. The van der Waals surface area contributed by atoms with Gasteiger partial charge in [0, 0.05) is 43.6 Å². The van der Waals surface area contributed by atoms with Crippen molar-refractivity contribution in [1.29, 1.82) is 0 Å². The molecule has 11 heteroatoms. The van der Waals surface area contributed by atoms with Crippen molar-refractivity contribution < 1.29 is 13.5 Å². The second-order valence-electron chi connectivity index (χ2n) is 9.89. The van der Waals surface area contributed by atoms with Gasteiger partial charge in [-0.25, -0.2) is 28.4 Å². The average Bonchev–Trinajstić information content (AvgIpc) is 3.20. The number of hydrazine groups is 1. The van der Waals surface area contributed by atoms with Crippen LogP contribution in [-0.2, 0) is 35.1 Å². The zero-order valence-corrected chi connectivity index (χ0v) is 22.0. The van der Waals surface area contributed by atoms with Gasteiger partial charge < -0.3 is 10.4 Å². The Bertz CT molecular complexity index is 1450. The van der Waals surface area contributed by atoms with Crippen LogP contribution in [0.1, 0.15) is 36.2 Å². The molecule has 0 amide bonds. The fourth-order valence-corrected chi connectivity index (χ4v) is 5.40. The lowest BCUT2D eigenvalue weighted by molar-refractivity contribution is 0.0738. The second kappa shape index (κ2) is 9.49. The van der Waals surface area contributed by atoms with Crippen LogP contribution in [0, 0.1) is 0 Å². The number of aromatic nitrogens is 3. The third kappa shape index (κ3) is 5.21. The number of pyridine rings is 1. The van der Waals surface area contributed by atoms with Crippen LogP contribution in [0.15, 0.2) is 55.3 Å². The molecule has 37 heavy (non-hydrogen) atoms. The van der Waals surface area contributed by atoms with Crippen molar-refractivity contribution in [1.82, 2.24) is 24.3 Å². The van der Waals surface area contributed by atoms with Crippen molar-refractivity contribution in [2.24, 2.45) is 0 Å². The highest BCUT2D eigenvalue weighted by atomic mass is 32.2. The summed E-state index contributed by atoms with van der Waals surface area (Å²) in [5, 5.41) is 17.8. The van der Waals surface area contributed by atoms with Gasteiger partial charge in [-0.2, -0.15) is 9.29 Å². The molecule has 10 nitrogen and oxygen atoms in total. The largest absolute Gasteiger partial charge is 0.384 e. The molecular weight excluding hydrogens is 490 g/mol. The van der Waals surface area contributed by atoms with E-state index in [4.69, 9.17) is 9.97 Å². The molecule has 0 unspecified atom stereocenters. The molecule has 0 atom stereocenters. The zero-order chi connectivity index (χ0) is 26.4. The van der Waals surface area contributed by atoms with Crippen LogP contribution in [0.25, 0.3) is 0 Å². The van der Waals surface area contributed by atoms with Gasteiger partial charge in [0.05, 0.1) is 11.9 Å². The first kappa shape index (κ1) is 25.3. The normalized spacial score (nSPS) is 16.4. The highest BCUT2D eigenvalue weighted by Crippen LogP contribution is 2.36. The van der Waals surface area contributed by atoms with Crippen LogP contribution in [0.5, 0.6) is 0 Å². The maximum atomic E-state index is 12.0. The van der Waals surface area contributed by atoms with E-state index in [9.17, 15) is 13.5 Å². The van der Waals surface area contributed by atoms with Gasteiger partial charge in [-0.15, -0.1) is 6.58 Å². The number of fused-ring (bicyclic) bond motifs is 2. The Morgan fingerprint density at radius 3 is 2.68 bits per heavy atom. The third-order valence-corrected chi connectivity index (χ3v) is 7.75. The van der Waals surface area contributed by atoms with E-state index in [1.54, 1.807) is 26.1 Å². The fourth-order valence-electron chi connectivity index (χ4n) is 4.61. The van der Waals surface area contributed by atoms with Gasteiger partial charge in [-0.05, 0) is 55.7 Å². The molecule has 4 heterocycles. The van der Waals surface area contributed by atoms with Crippen molar-refractivity contribution in [3.63, 3.8) is 0 Å². The van der Waals surface area contributed by atoms with Gasteiger partial charge in [0.25, 0.3) is 0 Å². The van der Waals surface area contributed by atoms with E-state index < -0.39 is 15.6 Å². The number of sulfonamides is 1. The standard InChI is InChI=1S/C26H31N7O3S/c1-5-12-31-16-20-15-27-25(30-24(20)33(31)23-8-6-7-22(29-23)26(2,3)34)28-21-10-9-18-11-13-32(37(4,35)36)17-19(18)14-21/h5-10,14-15,34H,1,11-13,16-17H2,2-4H3,(H,27,28,30). The van der Waals surface area contributed by atoms with Crippen LogP contribution < -0.4 is 10.3 Å². The second-order valence-corrected chi connectivity index (χ2v) is 11.9. The Labute approximate surface area is 217 Å². The molecule has 194 valence electrons. The Hall–Kier alpha value is -3.38. The molecule has 2 aliphatic rings. The fraction of sp³-hybridized carbons (Fsp3) is 0.346. The summed E-state index contributed by atoms with van der Waals surface area (Å²) >= 11 is 0. The van der Waals surface area contributed by atoms with Crippen molar-refractivity contribution in [3.05, 3.63) is 77.6 Å². The van der Waals surface area contributed by atoms with Crippen LogP contribution in [0.4, 0.5) is 23.3 Å². The van der Waals surface area contributed by atoms with E-state index in [1.165, 1.54) is 10.6 Å². The number of anilines is 4. The topological polar surface area (TPSA) is 115 Å². The Morgan fingerprint density at radius 1 is 1.14 bits per heavy atom. The molecule has 0 saturated heterocycles. The van der Waals surface area contributed by atoms with Crippen LogP contribution >= 0.6 is 0 Å². The number of nitrogens with one attached hydrogen (secondary N) is 1. The first-order valence-corrected chi connectivity index (χ1v) is 13.9. The summed E-state index contributed by atoms with van der Waals surface area (Å²) in [4.78, 5) is 14.1. The molecule has 0 aliphatic carbocycles. The van der Waals surface area contributed by atoms with Crippen molar-refractivity contribution in [2.45, 2.75) is 39.0 Å². The quantitative estimate of drug-likeness (QED) is 0.452. The number of hydrogen-bond donors (Lipinski definition) is 2. The molecule has 2 aromatic heterocycles. The van der Waals surface area contributed by atoms with E-state index in [0.717, 1.165) is 22.4 Å². The molecule has 0 spiro atoms. The average molecular weight is 522 g/mol. The Kier molecular flexibility index (Phi) is 6.48. The molecule has 0 bridgehead atoms. The predicted octanol–water partition coefficient (Wildman–Crippen LogP) is 3.22. The van der Waals surface area contributed by atoms with Gasteiger partial charge in [-0.3, -0.25) is 0 Å². The van der Waals surface area contributed by atoms with E-state index in [-0.39, 0.29) is 0 Å². The van der Waals surface area contributed by atoms with Gasteiger partial charge in [0.15, 0.2) is 5.82 Å². The summed E-state index contributed by atoms with van der Waals surface area (Å²) in [6.07, 6.45) is 5.54. The number of benzene rings is 1. The molecule has 2 N–H and O–H groups in total. The van der Waals surface area contributed by atoms with Crippen LogP contribution in [0.2, 0.25) is 0 Å². The van der Waals surface area contributed by atoms with Crippen molar-refractivity contribution >= 4 is 33.3 Å². The molecule has 5 rings (SSSR count). The van der Waals surface area contributed by atoms with Gasteiger partial charge in [0.2, 0.25) is 16.0 Å². The summed E-state index contributed by atoms with van der Waals surface area (Å²) < 4.78 is 25.6. The first-order chi connectivity index (χ1) is 17.5. The summed E-state index contributed by atoms with van der Waals surface area (Å²) in [6.45, 7) is 9.31. The maximum absolute atomic E-state index is 12.0. The molecule has 0 fully saturated rings. The van der Waals surface area contributed by atoms with E-state index in [0.29, 0.717) is 55.9 Å². The number of nitrogens with zero attached hydrogens (tertiary/aromatic N) is 6. The SMILES string of the molecule is C=CCN1Cc2cnc(Nc3ccc4c(c3)CN(S(C)(=O)=O)CC4)nc2N1c1cccc(C(C)(C)O)n1. The summed E-state index contributed by atoms with van der Waals surface area (Å²) in [5.41, 5.74) is 3.31. The van der Waals surface area contributed by atoms with Crippen molar-refractivity contribution in [2.75, 3.05) is 29.7 Å². The van der Waals surface area contributed by atoms with E-state index in [2.05, 4.69) is 21.9 Å². The number of hydrogen-bond acceptors (Lipinski definition) is 9. The molecule has 0 radical (unpaired) electrons. The molecule has 3 aromatic rings. The Balaban J connectivity index is 1.45. The summed E-state index contributed by atoms with van der Waals surface area (Å²) in [7, 11) is -3.25. The number of aliphatic hydroxyl groups is 1. The van der Waals surface area contributed by atoms with Gasteiger partial charge in [-0.1, -0.05) is 18.2 Å². The summed E-state index contributed by atoms with van der Waals surface area (Å²) in [5.74, 6) is 1.75. The van der Waals surface area contributed by atoms with Gasteiger partial charge >= 0.3 is 0 Å². The summed E-state index contributed by atoms with van der Waals surface area (Å²) in [6, 6.07) is 11.5. The predicted molar refractivity (Wildman–Crippen MR) is 143 cm³/mol. The molecule has 2 aliphatic heterocycles. The highest BCUT2D eigenvalue weighted by molar-refractivity contribution is 7.88. The molecule has 0 saturated carbocycles. The van der Waals surface area contributed by atoms with E-state index >= 15 is 0 Å².